The minimum atomic E-state index is -0.657. The summed E-state index contributed by atoms with van der Waals surface area (Å²) in [6.07, 6.45) is 5.02. The fraction of sp³-hybridized carbons (Fsp3) is 0.435. The molecule has 1 aliphatic rings. The summed E-state index contributed by atoms with van der Waals surface area (Å²) in [7, 11) is 2.95. The zero-order valence-corrected chi connectivity index (χ0v) is 18.8. The highest BCUT2D eigenvalue weighted by Gasteiger charge is 2.32. The molecule has 2 N–H and O–H groups in total. The summed E-state index contributed by atoms with van der Waals surface area (Å²) in [4.78, 5) is 12.5. The molecular weight excluding hydrogens is 400 g/mol. The van der Waals surface area contributed by atoms with Crippen LogP contribution in [0.15, 0.2) is 40.2 Å². The van der Waals surface area contributed by atoms with Crippen LogP contribution >= 0.6 is 0 Å². The second kappa shape index (κ2) is 10.7. The number of methoxy groups -OCH3 is 2. The van der Waals surface area contributed by atoms with Gasteiger partial charge in [-0.05, 0) is 38.0 Å². The van der Waals surface area contributed by atoms with Gasteiger partial charge in [0.05, 0.1) is 25.3 Å². The summed E-state index contributed by atoms with van der Waals surface area (Å²) in [5, 5.41) is 25.7. The third-order valence-electron chi connectivity index (χ3n) is 4.76. The highest BCUT2D eigenvalue weighted by molar-refractivity contribution is 6.27. The molecule has 0 spiro atoms. The van der Waals surface area contributed by atoms with Gasteiger partial charge in [0.15, 0.2) is 0 Å². The molecule has 8 heteroatoms. The van der Waals surface area contributed by atoms with E-state index in [4.69, 9.17) is 14.2 Å². The Morgan fingerprint density at radius 3 is 2.16 bits per heavy atom. The Balaban J connectivity index is 2.74. The first-order valence-corrected chi connectivity index (χ1v) is 10.0. The minimum absolute atomic E-state index is 0.151. The smallest absolute Gasteiger partial charge is 0.306 e. The van der Waals surface area contributed by atoms with Crippen LogP contribution in [0.5, 0.6) is 11.5 Å². The number of fused-ring (bicyclic) bond motifs is 1. The van der Waals surface area contributed by atoms with Crippen molar-refractivity contribution in [3.63, 3.8) is 0 Å². The van der Waals surface area contributed by atoms with E-state index >= 15 is 0 Å². The fourth-order valence-electron chi connectivity index (χ4n) is 3.39. The number of ether oxygens (including phenoxy) is 3. The van der Waals surface area contributed by atoms with Gasteiger partial charge in [0.2, 0.25) is 0 Å². The molecule has 1 aromatic carbocycles. The van der Waals surface area contributed by atoms with Crippen molar-refractivity contribution in [3.05, 3.63) is 46.6 Å². The molecule has 0 saturated heterocycles. The van der Waals surface area contributed by atoms with Crippen LogP contribution in [-0.2, 0) is 9.53 Å². The van der Waals surface area contributed by atoms with Crippen LogP contribution in [0.4, 0.5) is 0 Å². The lowest BCUT2D eigenvalue weighted by molar-refractivity contribution is -0.150. The summed E-state index contributed by atoms with van der Waals surface area (Å²) in [5.41, 5.74) is 2.85. The molecule has 1 aliphatic carbocycles. The van der Waals surface area contributed by atoms with Crippen LogP contribution in [0.25, 0.3) is 0 Å². The molecular formula is C23H30N2O6. The van der Waals surface area contributed by atoms with E-state index < -0.39 is 6.10 Å². The molecule has 0 aliphatic heterocycles. The van der Waals surface area contributed by atoms with Crippen LogP contribution in [-0.4, -0.2) is 42.0 Å². The maximum Gasteiger partial charge on any atom is 0.306 e. The van der Waals surface area contributed by atoms with Gasteiger partial charge in [0, 0.05) is 18.4 Å². The lowest BCUT2D eigenvalue weighted by atomic mass is 9.88. The third kappa shape index (κ3) is 5.45. The van der Waals surface area contributed by atoms with Crippen LogP contribution < -0.4 is 9.47 Å². The zero-order chi connectivity index (χ0) is 23.1. The number of allylic oxidation sites excluding steroid dienone is 3. The molecule has 0 amide bonds. The van der Waals surface area contributed by atoms with Gasteiger partial charge in [-0.3, -0.25) is 4.79 Å². The first-order valence-electron chi connectivity index (χ1n) is 10.0. The van der Waals surface area contributed by atoms with Crippen molar-refractivity contribution in [1.82, 2.24) is 0 Å². The van der Waals surface area contributed by atoms with Crippen LogP contribution in [0, 0.1) is 5.92 Å². The van der Waals surface area contributed by atoms with Crippen molar-refractivity contribution in [1.29, 1.82) is 0 Å². The second-order valence-electron chi connectivity index (χ2n) is 7.85. The highest BCUT2D eigenvalue weighted by atomic mass is 16.5. The van der Waals surface area contributed by atoms with Crippen LogP contribution in [0.1, 0.15) is 63.3 Å². The maximum absolute atomic E-state index is 12.5. The van der Waals surface area contributed by atoms with Gasteiger partial charge in [-0.15, -0.1) is 0 Å². The van der Waals surface area contributed by atoms with Gasteiger partial charge in [-0.25, -0.2) is 0 Å². The van der Waals surface area contributed by atoms with Crippen molar-refractivity contribution in [3.8, 4) is 11.5 Å². The first-order chi connectivity index (χ1) is 14.8. The van der Waals surface area contributed by atoms with E-state index in [1.165, 1.54) is 26.4 Å². The number of hydrogen-bond acceptors (Lipinski definition) is 8. The lowest BCUT2D eigenvalue weighted by Crippen LogP contribution is -2.20. The number of carbonyl (C=O) groups excluding carboxylic acids is 1. The highest BCUT2D eigenvalue weighted by Crippen LogP contribution is 2.42. The molecule has 0 heterocycles. The van der Waals surface area contributed by atoms with E-state index in [0.717, 1.165) is 5.57 Å². The molecule has 1 unspecified atom stereocenters. The average molecular weight is 431 g/mol. The van der Waals surface area contributed by atoms with Crippen molar-refractivity contribution < 1.29 is 29.4 Å². The molecule has 31 heavy (non-hydrogen) atoms. The van der Waals surface area contributed by atoms with Crippen molar-refractivity contribution in [2.45, 2.75) is 46.6 Å². The van der Waals surface area contributed by atoms with Crippen LogP contribution in [0.2, 0.25) is 0 Å². The summed E-state index contributed by atoms with van der Waals surface area (Å²) in [6.45, 7) is 7.81. The first kappa shape index (κ1) is 24.0. The molecule has 1 atom stereocenters. The second-order valence-corrected chi connectivity index (χ2v) is 7.85. The Bertz CT molecular complexity index is 940. The summed E-state index contributed by atoms with van der Waals surface area (Å²) in [5.74, 6) is 0.539. The fourth-order valence-corrected chi connectivity index (χ4v) is 3.39. The zero-order valence-electron chi connectivity index (χ0n) is 18.8. The van der Waals surface area contributed by atoms with Gasteiger partial charge in [-0.1, -0.05) is 35.8 Å². The Morgan fingerprint density at radius 2 is 1.68 bits per heavy atom. The molecule has 168 valence electrons. The van der Waals surface area contributed by atoms with E-state index in [1.807, 2.05) is 33.8 Å². The predicted molar refractivity (Wildman–Crippen MR) is 118 cm³/mol. The SMILES string of the molecule is COc1cc(C(CC=C(C)C)OC(=O)CC(C)C)c(OC)c2c1/C(=N/O)C=C/C2=N\O. The predicted octanol–water partition coefficient (Wildman–Crippen LogP) is 4.62. The van der Waals surface area contributed by atoms with Gasteiger partial charge in [-0.2, -0.15) is 0 Å². The Hall–Kier alpha value is -3.29. The molecule has 1 aromatic rings. The summed E-state index contributed by atoms with van der Waals surface area (Å²) < 4.78 is 17.1. The Kier molecular flexibility index (Phi) is 8.24. The van der Waals surface area contributed by atoms with E-state index in [2.05, 4.69) is 10.3 Å². The van der Waals surface area contributed by atoms with Crippen molar-refractivity contribution >= 4 is 17.4 Å². The lowest BCUT2D eigenvalue weighted by Gasteiger charge is -2.26. The van der Waals surface area contributed by atoms with Gasteiger partial charge in [0.25, 0.3) is 0 Å². The number of esters is 1. The molecule has 2 rings (SSSR count). The van der Waals surface area contributed by atoms with Crippen LogP contribution in [0.3, 0.4) is 0 Å². The molecule has 8 nitrogen and oxygen atoms in total. The standard InChI is InChI=1S/C23H30N2O6/c1-13(2)7-10-18(31-20(26)11-14(3)4)15-12-19(29-5)21-16(24-27)8-9-17(25-28)22(21)23(15)30-6/h7-9,12,14,18,27-28H,10-11H2,1-6H3/b24-16+,25-17+. The van der Waals surface area contributed by atoms with E-state index in [0.29, 0.717) is 34.6 Å². The number of oxime groups is 2. The van der Waals surface area contributed by atoms with Crippen molar-refractivity contribution in [2.75, 3.05) is 14.2 Å². The summed E-state index contributed by atoms with van der Waals surface area (Å²) >= 11 is 0. The Morgan fingerprint density at radius 1 is 1.06 bits per heavy atom. The molecule has 0 fully saturated rings. The number of benzene rings is 1. The quantitative estimate of drug-likeness (QED) is 0.270. The van der Waals surface area contributed by atoms with Crippen molar-refractivity contribution in [2.24, 2.45) is 16.2 Å². The average Bonchev–Trinajstić information content (AvgIpc) is 2.73. The number of carbonyl (C=O) groups is 1. The number of hydrogen-bond donors (Lipinski definition) is 2. The topological polar surface area (TPSA) is 110 Å². The van der Waals surface area contributed by atoms with E-state index in [1.54, 1.807) is 6.07 Å². The van der Waals surface area contributed by atoms with Gasteiger partial charge >= 0.3 is 5.97 Å². The molecule has 0 saturated carbocycles. The molecule has 0 radical (unpaired) electrons. The van der Waals surface area contributed by atoms with Gasteiger partial charge < -0.3 is 24.6 Å². The summed E-state index contributed by atoms with van der Waals surface area (Å²) in [6, 6.07) is 1.70. The molecule has 0 bridgehead atoms. The monoisotopic (exact) mass is 430 g/mol. The maximum atomic E-state index is 12.5. The van der Waals surface area contributed by atoms with E-state index in [-0.39, 0.29) is 29.7 Å². The van der Waals surface area contributed by atoms with E-state index in [9.17, 15) is 15.2 Å². The third-order valence-corrected chi connectivity index (χ3v) is 4.76. The minimum Gasteiger partial charge on any atom is -0.496 e. The number of nitrogens with zero attached hydrogens (tertiary/aromatic N) is 2. The van der Waals surface area contributed by atoms with Gasteiger partial charge in [0.1, 0.15) is 29.0 Å². The Labute approximate surface area is 182 Å². The normalized spacial score (nSPS) is 16.2. The molecule has 0 aromatic heterocycles. The largest absolute Gasteiger partial charge is 0.496 e. The number of rotatable bonds is 8.